The Morgan fingerprint density at radius 2 is 1.82 bits per heavy atom. The number of nitriles is 1. The molecular formula is C19H16N2O. The van der Waals surface area contributed by atoms with Crippen LogP contribution in [-0.2, 0) is 16.8 Å². The van der Waals surface area contributed by atoms with Crippen molar-refractivity contribution in [3.63, 3.8) is 0 Å². The third kappa shape index (κ3) is 2.19. The lowest BCUT2D eigenvalue weighted by Gasteiger charge is -2.40. The molecule has 0 saturated carbocycles. The summed E-state index contributed by atoms with van der Waals surface area (Å²) < 4.78 is 0. The standard InChI is InChI=1S/C19H16N2O/c1-15(22)21-12-11-17-9-5-6-10-18(17)19(21,14-20)13-16-7-3-2-4-8-16/h2-12H,13H2,1H3. The van der Waals surface area contributed by atoms with E-state index < -0.39 is 5.54 Å². The van der Waals surface area contributed by atoms with E-state index in [1.54, 1.807) is 11.1 Å². The van der Waals surface area contributed by atoms with Gasteiger partial charge in [-0.3, -0.25) is 9.69 Å². The summed E-state index contributed by atoms with van der Waals surface area (Å²) in [6.07, 6.45) is 4.07. The molecule has 0 aliphatic carbocycles. The average Bonchev–Trinajstić information content (AvgIpc) is 2.55. The quantitative estimate of drug-likeness (QED) is 0.849. The van der Waals surface area contributed by atoms with Crippen LogP contribution in [0.4, 0.5) is 0 Å². The summed E-state index contributed by atoms with van der Waals surface area (Å²) in [7, 11) is 0. The second kappa shape index (κ2) is 5.50. The number of rotatable bonds is 2. The Hall–Kier alpha value is -2.86. The van der Waals surface area contributed by atoms with E-state index in [-0.39, 0.29) is 5.91 Å². The SMILES string of the molecule is CC(=O)N1C=Cc2ccccc2C1(C#N)Cc1ccccc1. The second-order valence-corrected chi connectivity index (χ2v) is 5.43. The van der Waals surface area contributed by atoms with Crippen LogP contribution in [0.1, 0.15) is 23.6 Å². The van der Waals surface area contributed by atoms with Crippen LogP contribution in [0.15, 0.2) is 60.8 Å². The highest BCUT2D eigenvalue weighted by Gasteiger charge is 2.42. The lowest BCUT2D eigenvalue weighted by Crippen LogP contribution is -2.48. The highest BCUT2D eigenvalue weighted by atomic mass is 16.2. The number of carbonyl (C=O) groups excluding carboxylic acids is 1. The first kappa shape index (κ1) is 14.1. The van der Waals surface area contributed by atoms with Gasteiger partial charge in [0.05, 0.1) is 6.07 Å². The molecule has 3 nitrogen and oxygen atoms in total. The van der Waals surface area contributed by atoms with Crippen molar-refractivity contribution >= 4 is 12.0 Å². The van der Waals surface area contributed by atoms with Crippen molar-refractivity contribution in [2.45, 2.75) is 18.9 Å². The van der Waals surface area contributed by atoms with Gasteiger partial charge in [0.1, 0.15) is 0 Å². The molecule has 1 amide bonds. The zero-order valence-corrected chi connectivity index (χ0v) is 12.4. The second-order valence-electron chi connectivity index (χ2n) is 5.43. The van der Waals surface area contributed by atoms with Crippen LogP contribution in [0, 0.1) is 11.3 Å². The number of hydrogen-bond acceptors (Lipinski definition) is 2. The lowest BCUT2D eigenvalue weighted by atomic mass is 9.79. The molecule has 3 heteroatoms. The Kier molecular flexibility index (Phi) is 3.52. The molecule has 3 rings (SSSR count). The van der Waals surface area contributed by atoms with Gasteiger partial charge in [-0.2, -0.15) is 5.26 Å². The van der Waals surface area contributed by atoms with Crippen molar-refractivity contribution in [1.82, 2.24) is 4.90 Å². The van der Waals surface area contributed by atoms with Gasteiger partial charge >= 0.3 is 0 Å². The van der Waals surface area contributed by atoms with Gasteiger partial charge in [0.15, 0.2) is 5.54 Å². The fourth-order valence-electron chi connectivity index (χ4n) is 3.03. The van der Waals surface area contributed by atoms with Crippen molar-refractivity contribution in [2.75, 3.05) is 0 Å². The molecule has 2 aromatic rings. The van der Waals surface area contributed by atoms with E-state index in [1.807, 2.05) is 60.7 Å². The van der Waals surface area contributed by atoms with Crippen molar-refractivity contribution in [1.29, 1.82) is 5.26 Å². The number of hydrogen-bond donors (Lipinski definition) is 0. The predicted octanol–water partition coefficient (Wildman–Crippen LogP) is 3.48. The molecule has 0 aromatic heterocycles. The topological polar surface area (TPSA) is 44.1 Å². The van der Waals surface area contributed by atoms with Gasteiger partial charge in [-0.05, 0) is 22.8 Å². The first-order valence-corrected chi connectivity index (χ1v) is 7.20. The number of carbonyl (C=O) groups is 1. The highest BCUT2D eigenvalue weighted by Crippen LogP contribution is 2.38. The molecule has 1 unspecified atom stereocenters. The maximum atomic E-state index is 12.1. The summed E-state index contributed by atoms with van der Waals surface area (Å²) in [6, 6.07) is 20.0. The smallest absolute Gasteiger partial charge is 0.225 e. The first-order valence-electron chi connectivity index (χ1n) is 7.20. The molecular weight excluding hydrogens is 272 g/mol. The summed E-state index contributed by atoms with van der Waals surface area (Å²) in [5, 5.41) is 9.99. The molecule has 1 aliphatic heterocycles. The number of nitrogens with zero attached hydrogens (tertiary/aromatic N) is 2. The summed E-state index contributed by atoms with van der Waals surface area (Å²) in [4.78, 5) is 13.6. The summed E-state index contributed by atoms with van der Waals surface area (Å²) >= 11 is 0. The van der Waals surface area contributed by atoms with Gasteiger partial charge in [0.2, 0.25) is 5.91 Å². The third-order valence-corrected chi connectivity index (χ3v) is 4.05. The minimum absolute atomic E-state index is 0.136. The molecule has 0 fully saturated rings. The minimum atomic E-state index is -1.00. The van der Waals surface area contributed by atoms with Crippen LogP contribution in [0.3, 0.4) is 0 Å². The zero-order valence-electron chi connectivity index (χ0n) is 12.4. The van der Waals surface area contributed by atoms with Gasteiger partial charge in [-0.15, -0.1) is 0 Å². The third-order valence-electron chi connectivity index (χ3n) is 4.05. The number of amides is 1. The molecule has 0 saturated heterocycles. The highest BCUT2D eigenvalue weighted by molar-refractivity contribution is 5.80. The van der Waals surface area contributed by atoms with E-state index in [0.717, 1.165) is 16.7 Å². The maximum absolute atomic E-state index is 12.1. The molecule has 0 radical (unpaired) electrons. The molecule has 0 N–H and O–H groups in total. The van der Waals surface area contributed by atoms with Crippen LogP contribution < -0.4 is 0 Å². The first-order chi connectivity index (χ1) is 10.7. The Balaban J connectivity index is 2.18. The van der Waals surface area contributed by atoms with Crippen LogP contribution >= 0.6 is 0 Å². The fraction of sp³-hybridized carbons (Fsp3) is 0.158. The van der Waals surface area contributed by atoms with E-state index in [9.17, 15) is 10.1 Å². The molecule has 1 aliphatic rings. The Labute approximate surface area is 130 Å². The maximum Gasteiger partial charge on any atom is 0.225 e. The molecule has 0 bridgehead atoms. The molecule has 2 aromatic carbocycles. The van der Waals surface area contributed by atoms with E-state index in [1.165, 1.54) is 6.92 Å². The van der Waals surface area contributed by atoms with Crippen molar-refractivity contribution in [2.24, 2.45) is 0 Å². The fourth-order valence-corrected chi connectivity index (χ4v) is 3.03. The summed E-state index contributed by atoms with van der Waals surface area (Å²) in [5.74, 6) is -0.136. The van der Waals surface area contributed by atoms with Gasteiger partial charge in [-0.1, -0.05) is 54.6 Å². The van der Waals surface area contributed by atoms with Crippen LogP contribution in [0.25, 0.3) is 6.08 Å². The lowest BCUT2D eigenvalue weighted by molar-refractivity contribution is -0.130. The van der Waals surface area contributed by atoms with E-state index in [0.29, 0.717) is 6.42 Å². The Bertz CT molecular complexity index is 774. The van der Waals surface area contributed by atoms with Gasteiger partial charge in [-0.25, -0.2) is 0 Å². The normalized spacial score (nSPS) is 19.4. The van der Waals surface area contributed by atoms with E-state index in [4.69, 9.17) is 0 Å². The average molecular weight is 288 g/mol. The van der Waals surface area contributed by atoms with Gasteiger partial charge < -0.3 is 0 Å². The Morgan fingerprint density at radius 3 is 2.50 bits per heavy atom. The Morgan fingerprint density at radius 1 is 1.14 bits per heavy atom. The van der Waals surface area contributed by atoms with Crippen LogP contribution in [-0.4, -0.2) is 10.8 Å². The molecule has 108 valence electrons. The van der Waals surface area contributed by atoms with Crippen LogP contribution in [0.5, 0.6) is 0 Å². The molecule has 22 heavy (non-hydrogen) atoms. The van der Waals surface area contributed by atoms with Crippen molar-refractivity contribution in [3.05, 3.63) is 77.5 Å². The van der Waals surface area contributed by atoms with Crippen molar-refractivity contribution < 1.29 is 4.79 Å². The van der Waals surface area contributed by atoms with E-state index in [2.05, 4.69) is 6.07 Å². The molecule has 1 heterocycles. The zero-order chi connectivity index (χ0) is 15.6. The number of fused-ring (bicyclic) bond motifs is 1. The monoisotopic (exact) mass is 288 g/mol. The molecule has 1 atom stereocenters. The summed E-state index contributed by atoms with van der Waals surface area (Å²) in [6.45, 7) is 1.50. The van der Waals surface area contributed by atoms with Gasteiger partial charge in [0.25, 0.3) is 0 Å². The van der Waals surface area contributed by atoms with Gasteiger partial charge in [0, 0.05) is 19.5 Å². The molecule has 0 spiro atoms. The van der Waals surface area contributed by atoms with E-state index >= 15 is 0 Å². The minimum Gasteiger partial charge on any atom is -0.296 e. The van der Waals surface area contributed by atoms with Crippen LogP contribution in [0.2, 0.25) is 0 Å². The van der Waals surface area contributed by atoms with Crippen molar-refractivity contribution in [3.8, 4) is 6.07 Å². The predicted molar refractivity (Wildman–Crippen MR) is 85.4 cm³/mol. The number of benzene rings is 2. The largest absolute Gasteiger partial charge is 0.296 e. The summed E-state index contributed by atoms with van der Waals surface area (Å²) in [5.41, 5.74) is 1.88.